The Hall–Kier alpha value is -0.730. The Morgan fingerprint density at radius 3 is 2.35 bits per heavy atom. The van der Waals surface area contributed by atoms with Crippen molar-refractivity contribution in [2.75, 3.05) is 6.54 Å². The first-order valence-corrected chi connectivity index (χ1v) is 6.40. The first-order chi connectivity index (χ1) is 7.88. The van der Waals surface area contributed by atoms with Crippen LogP contribution in [-0.2, 0) is 0 Å². The van der Waals surface area contributed by atoms with E-state index in [1.165, 1.54) is 0 Å². The average Bonchev–Trinajstić information content (AvgIpc) is 2.23. The fourth-order valence-corrected chi connectivity index (χ4v) is 2.18. The van der Waals surface area contributed by atoms with Gasteiger partial charge in [-0.2, -0.15) is 0 Å². The highest BCUT2D eigenvalue weighted by atomic mass is 35.5. The van der Waals surface area contributed by atoms with Gasteiger partial charge in [-0.1, -0.05) is 23.2 Å². The van der Waals surface area contributed by atoms with Gasteiger partial charge in [-0.05, 0) is 45.4 Å². The molecule has 0 heterocycles. The maximum absolute atomic E-state index is 12.3. The van der Waals surface area contributed by atoms with Gasteiger partial charge in [0.25, 0.3) is 5.91 Å². The topological polar surface area (TPSA) is 20.3 Å². The molecule has 0 aliphatic heterocycles. The van der Waals surface area contributed by atoms with Crippen LogP contribution in [0.15, 0.2) is 12.1 Å². The summed E-state index contributed by atoms with van der Waals surface area (Å²) in [5, 5.41) is 0.990. The van der Waals surface area contributed by atoms with Crippen LogP contribution in [0.1, 0.15) is 36.7 Å². The number of carbonyl (C=O) groups is 1. The molecular weight excluding hydrogens is 257 g/mol. The number of carbonyl (C=O) groups excluding carboxylic acids is 1. The largest absolute Gasteiger partial charge is 0.336 e. The van der Waals surface area contributed by atoms with E-state index in [0.29, 0.717) is 22.2 Å². The second-order valence-corrected chi connectivity index (χ2v) is 5.08. The van der Waals surface area contributed by atoms with E-state index in [1.54, 1.807) is 17.0 Å². The molecule has 4 heteroatoms. The number of halogens is 2. The predicted molar refractivity (Wildman–Crippen MR) is 73.0 cm³/mol. The third-order valence-corrected chi connectivity index (χ3v) is 3.42. The van der Waals surface area contributed by atoms with E-state index in [9.17, 15) is 4.79 Å². The van der Waals surface area contributed by atoms with Crippen molar-refractivity contribution in [1.82, 2.24) is 4.90 Å². The normalized spacial score (nSPS) is 10.8. The van der Waals surface area contributed by atoms with Gasteiger partial charge in [0.05, 0.1) is 10.6 Å². The average molecular weight is 274 g/mol. The number of hydrogen-bond acceptors (Lipinski definition) is 1. The van der Waals surface area contributed by atoms with Gasteiger partial charge in [0, 0.05) is 17.6 Å². The third kappa shape index (κ3) is 3.14. The summed E-state index contributed by atoms with van der Waals surface area (Å²) >= 11 is 12.0. The van der Waals surface area contributed by atoms with Crippen molar-refractivity contribution in [2.45, 2.75) is 33.7 Å². The molecule has 0 bridgehead atoms. The van der Waals surface area contributed by atoms with Gasteiger partial charge in [0.2, 0.25) is 0 Å². The summed E-state index contributed by atoms with van der Waals surface area (Å²) in [4.78, 5) is 14.1. The van der Waals surface area contributed by atoms with E-state index in [1.807, 2.05) is 27.7 Å². The van der Waals surface area contributed by atoms with Crippen LogP contribution in [0.4, 0.5) is 0 Å². The molecule has 0 atom stereocenters. The van der Waals surface area contributed by atoms with E-state index >= 15 is 0 Å². The molecular formula is C13H17Cl2NO. The van der Waals surface area contributed by atoms with Crippen LogP contribution in [0.3, 0.4) is 0 Å². The molecule has 0 aliphatic rings. The van der Waals surface area contributed by atoms with Crippen molar-refractivity contribution in [3.05, 3.63) is 33.3 Å². The maximum Gasteiger partial charge on any atom is 0.255 e. The van der Waals surface area contributed by atoms with Crippen LogP contribution in [0.5, 0.6) is 0 Å². The molecule has 0 aromatic heterocycles. The van der Waals surface area contributed by atoms with Gasteiger partial charge in [-0.15, -0.1) is 0 Å². The van der Waals surface area contributed by atoms with E-state index in [-0.39, 0.29) is 11.9 Å². The van der Waals surface area contributed by atoms with Crippen molar-refractivity contribution < 1.29 is 4.79 Å². The minimum atomic E-state index is -0.0488. The van der Waals surface area contributed by atoms with Gasteiger partial charge < -0.3 is 4.90 Å². The molecule has 0 aliphatic carbocycles. The fourth-order valence-electron chi connectivity index (χ4n) is 1.72. The van der Waals surface area contributed by atoms with Gasteiger partial charge in [-0.25, -0.2) is 0 Å². The van der Waals surface area contributed by atoms with Gasteiger partial charge >= 0.3 is 0 Å². The van der Waals surface area contributed by atoms with Crippen LogP contribution in [0, 0.1) is 6.92 Å². The summed E-state index contributed by atoms with van der Waals surface area (Å²) < 4.78 is 0. The quantitative estimate of drug-likeness (QED) is 0.810. The number of rotatable bonds is 3. The fraction of sp³-hybridized carbons (Fsp3) is 0.462. The van der Waals surface area contributed by atoms with Crippen molar-refractivity contribution in [1.29, 1.82) is 0 Å². The highest BCUT2D eigenvalue weighted by Gasteiger charge is 2.20. The Morgan fingerprint density at radius 1 is 1.29 bits per heavy atom. The summed E-state index contributed by atoms with van der Waals surface area (Å²) in [7, 11) is 0. The second kappa shape index (κ2) is 5.74. The summed E-state index contributed by atoms with van der Waals surface area (Å²) in [6.07, 6.45) is 0. The molecule has 1 aromatic carbocycles. The Kier molecular flexibility index (Phi) is 4.84. The number of aryl methyl sites for hydroxylation is 1. The van der Waals surface area contributed by atoms with E-state index in [4.69, 9.17) is 23.2 Å². The Bertz CT molecular complexity index is 430. The van der Waals surface area contributed by atoms with Crippen molar-refractivity contribution in [3.63, 3.8) is 0 Å². The first-order valence-electron chi connectivity index (χ1n) is 5.65. The Labute approximate surface area is 113 Å². The molecule has 17 heavy (non-hydrogen) atoms. The molecule has 1 aromatic rings. The van der Waals surface area contributed by atoms with Crippen LogP contribution in [0.2, 0.25) is 10.0 Å². The minimum absolute atomic E-state index is 0.0488. The van der Waals surface area contributed by atoms with Crippen molar-refractivity contribution >= 4 is 29.1 Å². The molecule has 0 fully saturated rings. The maximum atomic E-state index is 12.3. The number of hydrogen-bond donors (Lipinski definition) is 0. The van der Waals surface area contributed by atoms with E-state index < -0.39 is 0 Å². The zero-order valence-corrected chi connectivity index (χ0v) is 12.1. The number of amides is 1. The van der Waals surface area contributed by atoms with Crippen LogP contribution in [0.25, 0.3) is 0 Å². The molecule has 0 unspecified atom stereocenters. The Morgan fingerprint density at radius 2 is 1.88 bits per heavy atom. The number of benzene rings is 1. The van der Waals surface area contributed by atoms with Gasteiger partial charge in [0.1, 0.15) is 0 Å². The van der Waals surface area contributed by atoms with Crippen molar-refractivity contribution in [2.24, 2.45) is 0 Å². The van der Waals surface area contributed by atoms with Crippen molar-refractivity contribution in [3.8, 4) is 0 Å². The summed E-state index contributed by atoms with van der Waals surface area (Å²) in [5.74, 6) is -0.0488. The van der Waals surface area contributed by atoms with Crippen LogP contribution < -0.4 is 0 Å². The highest BCUT2D eigenvalue weighted by Crippen LogP contribution is 2.26. The smallest absolute Gasteiger partial charge is 0.255 e. The molecule has 1 amide bonds. The second-order valence-electron chi connectivity index (χ2n) is 4.27. The molecule has 1 rings (SSSR count). The summed E-state index contributed by atoms with van der Waals surface area (Å²) in [6, 6.07) is 3.53. The zero-order valence-electron chi connectivity index (χ0n) is 10.6. The SMILES string of the molecule is CCN(C(=O)c1cc(C)c(Cl)cc1Cl)C(C)C. The summed E-state index contributed by atoms with van der Waals surface area (Å²) in [5.41, 5.74) is 1.38. The van der Waals surface area contributed by atoms with Gasteiger partial charge in [0.15, 0.2) is 0 Å². The lowest BCUT2D eigenvalue weighted by Gasteiger charge is -2.25. The number of nitrogens with zero attached hydrogens (tertiary/aromatic N) is 1. The summed E-state index contributed by atoms with van der Waals surface area (Å²) in [6.45, 7) is 8.44. The first kappa shape index (κ1) is 14.3. The molecule has 0 N–H and O–H groups in total. The molecule has 0 radical (unpaired) electrons. The van der Waals surface area contributed by atoms with Crippen LogP contribution in [-0.4, -0.2) is 23.4 Å². The zero-order chi connectivity index (χ0) is 13.2. The molecule has 0 spiro atoms. The van der Waals surface area contributed by atoms with Gasteiger partial charge in [-0.3, -0.25) is 4.79 Å². The lowest BCUT2D eigenvalue weighted by atomic mass is 10.1. The molecule has 94 valence electrons. The standard InChI is InChI=1S/C13H17Cl2NO/c1-5-16(8(2)3)13(17)10-6-9(4)11(14)7-12(10)15/h6-8H,5H2,1-4H3. The predicted octanol–water partition coefficient (Wildman–Crippen LogP) is 4.17. The lowest BCUT2D eigenvalue weighted by molar-refractivity contribution is 0.0717. The molecule has 0 saturated carbocycles. The molecule has 0 saturated heterocycles. The highest BCUT2D eigenvalue weighted by molar-refractivity contribution is 6.37. The monoisotopic (exact) mass is 273 g/mol. The Balaban J connectivity index is 3.16. The molecule has 2 nitrogen and oxygen atoms in total. The third-order valence-electron chi connectivity index (χ3n) is 2.70. The van der Waals surface area contributed by atoms with Crippen LogP contribution >= 0.6 is 23.2 Å². The lowest BCUT2D eigenvalue weighted by Crippen LogP contribution is -2.36. The van der Waals surface area contributed by atoms with E-state index in [2.05, 4.69) is 0 Å². The minimum Gasteiger partial charge on any atom is -0.336 e. The van der Waals surface area contributed by atoms with E-state index in [0.717, 1.165) is 5.56 Å².